The summed E-state index contributed by atoms with van der Waals surface area (Å²) in [6.07, 6.45) is 0. The molecule has 37 heavy (non-hydrogen) atoms. The molecule has 0 spiro atoms. The minimum absolute atomic E-state index is 0.130. The Balaban J connectivity index is 0.000000141. The molecule has 4 N–H and O–H groups in total. The van der Waals surface area contributed by atoms with Crippen molar-refractivity contribution in [3.05, 3.63) is 106 Å². The van der Waals surface area contributed by atoms with Crippen LogP contribution in [0.15, 0.2) is 88.5 Å². The minimum Gasteiger partial charge on any atom is -0.477 e. The molecular formula is C30H22N4O3. The Bertz CT molecular complexity index is 1960. The number of carbonyl (C=O) groups excluding carboxylic acids is 1. The van der Waals surface area contributed by atoms with Crippen LogP contribution in [0.3, 0.4) is 0 Å². The zero-order chi connectivity index (χ0) is 25.8. The van der Waals surface area contributed by atoms with Gasteiger partial charge >= 0.3 is 5.97 Å². The van der Waals surface area contributed by atoms with Crippen molar-refractivity contribution in [2.75, 3.05) is 0 Å². The number of carbonyl (C=O) groups is 2. The number of primary amides is 1. The molecule has 0 fully saturated rings. The van der Waals surface area contributed by atoms with Crippen molar-refractivity contribution in [2.45, 2.75) is 13.8 Å². The van der Waals surface area contributed by atoms with Crippen molar-refractivity contribution in [2.24, 2.45) is 15.7 Å². The Kier molecular flexibility index (Phi) is 5.01. The van der Waals surface area contributed by atoms with Gasteiger partial charge in [0.05, 0.1) is 16.4 Å². The van der Waals surface area contributed by atoms with Gasteiger partial charge in [-0.25, -0.2) is 14.8 Å². The highest BCUT2D eigenvalue weighted by Crippen LogP contribution is 2.34. The predicted molar refractivity (Wildman–Crippen MR) is 143 cm³/mol. The molecule has 4 aromatic carbocycles. The van der Waals surface area contributed by atoms with Crippen LogP contribution >= 0.6 is 0 Å². The summed E-state index contributed by atoms with van der Waals surface area (Å²) in [7, 11) is 0. The third-order valence-corrected chi connectivity index (χ3v) is 6.90. The second-order valence-electron chi connectivity index (χ2n) is 9.11. The van der Waals surface area contributed by atoms with Gasteiger partial charge in [-0.2, -0.15) is 0 Å². The lowest BCUT2D eigenvalue weighted by Gasteiger charge is -2.05. The van der Waals surface area contributed by atoms with Crippen molar-refractivity contribution >= 4 is 44.9 Å². The normalized spacial score (nSPS) is 12.8. The summed E-state index contributed by atoms with van der Waals surface area (Å²) < 4.78 is 0. The SMILES string of the molecule is CC1=C(C(=O)O)N=c2cc3c(c(C)c21)=Nc1ccccc1-3.NC(=O)c1ccc2c(c1)[nH]c1ccccc12. The molecule has 180 valence electrons. The highest BCUT2D eigenvalue weighted by Gasteiger charge is 2.25. The predicted octanol–water partition coefficient (Wildman–Crippen LogP) is 4.80. The van der Waals surface area contributed by atoms with E-state index in [4.69, 9.17) is 5.73 Å². The number of para-hydroxylation sites is 2. The standard InChI is InChI=1S/C17H12N2O2.C13H10N2O/c1-8-14-9(2)16(17(20)21)19-13(14)7-11-10-5-3-4-6-12(10)18-15(8)11;14-13(16)8-5-6-10-9-3-1-2-4-11(9)15-12(10)7-8/h3-7H,1-2H3,(H,20,21);1-7,15H,(H2,14,16). The average molecular weight is 487 g/mol. The molecule has 0 saturated heterocycles. The Hall–Kier alpha value is -5.04. The highest BCUT2D eigenvalue weighted by molar-refractivity contribution is 6.09. The molecule has 7 nitrogen and oxygen atoms in total. The number of amides is 1. The summed E-state index contributed by atoms with van der Waals surface area (Å²) in [5.41, 5.74) is 13.6. The van der Waals surface area contributed by atoms with E-state index in [2.05, 4.69) is 21.0 Å². The lowest BCUT2D eigenvalue weighted by molar-refractivity contribution is -0.132. The number of carboxylic acid groups (broad SMARTS) is 1. The summed E-state index contributed by atoms with van der Waals surface area (Å²) in [6.45, 7) is 3.79. The maximum atomic E-state index is 11.3. The first-order chi connectivity index (χ1) is 17.8. The quantitative estimate of drug-likeness (QED) is 0.326. The van der Waals surface area contributed by atoms with Crippen LogP contribution in [0.5, 0.6) is 0 Å². The molecule has 7 heteroatoms. The van der Waals surface area contributed by atoms with E-state index in [1.54, 1.807) is 19.1 Å². The number of aromatic nitrogens is 1. The van der Waals surface area contributed by atoms with Crippen LogP contribution in [0.2, 0.25) is 0 Å². The van der Waals surface area contributed by atoms with Crippen LogP contribution in [0.25, 0.3) is 38.5 Å². The average Bonchev–Trinajstić information content (AvgIpc) is 3.55. The van der Waals surface area contributed by atoms with E-state index in [0.29, 0.717) is 11.1 Å². The van der Waals surface area contributed by atoms with E-state index in [-0.39, 0.29) is 5.70 Å². The van der Waals surface area contributed by atoms with Crippen LogP contribution < -0.4 is 16.4 Å². The number of nitrogens with one attached hydrogen (secondary N) is 1. The van der Waals surface area contributed by atoms with E-state index in [1.165, 1.54) is 0 Å². The van der Waals surface area contributed by atoms with Crippen LogP contribution in [0, 0.1) is 6.92 Å². The van der Waals surface area contributed by atoms with Crippen LogP contribution in [0.4, 0.5) is 5.69 Å². The van der Waals surface area contributed by atoms with E-state index >= 15 is 0 Å². The van der Waals surface area contributed by atoms with Gasteiger partial charge in [0, 0.05) is 44.1 Å². The van der Waals surface area contributed by atoms with E-state index in [9.17, 15) is 14.7 Å². The van der Waals surface area contributed by atoms with Crippen molar-refractivity contribution in [1.82, 2.24) is 4.98 Å². The first kappa shape index (κ1) is 22.4. The fraction of sp³-hybridized carbons (Fsp3) is 0.0667. The molecule has 5 aromatic rings. The fourth-order valence-electron chi connectivity index (χ4n) is 5.16. The van der Waals surface area contributed by atoms with Crippen LogP contribution in [0.1, 0.15) is 28.4 Å². The molecule has 0 aliphatic carbocycles. The van der Waals surface area contributed by atoms with Gasteiger partial charge in [0.15, 0.2) is 5.70 Å². The molecule has 2 aliphatic heterocycles. The van der Waals surface area contributed by atoms with Gasteiger partial charge in [-0.05, 0) is 55.3 Å². The lowest BCUT2D eigenvalue weighted by atomic mass is 9.96. The van der Waals surface area contributed by atoms with Gasteiger partial charge in [0.25, 0.3) is 0 Å². The van der Waals surface area contributed by atoms with Crippen molar-refractivity contribution in [3.63, 3.8) is 0 Å². The first-order valence-electron chi connectivity index (χ1n) is 11.8. The summed E-state index contributed by atoms with van der Waals surface area (Å²) in [6, 6.07) is 23.4. The van der Waals surface area contributed by atoms with Crippen LogP contribution in [-0.4, -0.2) is 22.0 Å². The molecule has 0 bridgehead atoms. The Morgan fingerprint density at radius 2 is 1.57 bits per heavy atom. The molecule has 7 rings (SSSR count). The second kappa shape index (κ2) is 8.27. The maximum Gasteiger partial charge on any atom is 0.354 e. The van der Waals surface area contributed by atoms with Crippen LogP contribution in [-0.2, 0) is 4.79 Å². The molecule has 0 unspecified atom stereocenters. The van der Waals surface area contributed by atoms with Gasteiger partial charge in [-0.15, -0.1) is 0 Å². The van der Waals surface area contributed by atoms with Crippen molar-refractivity contribution in [1.29, 1.82) is 0 Å². The molecule has 1 aromatic heterocycles. The molecule has 0 atom stereocenters. The monoisotopic (exact) mass is 486 g/mol. The van der Waals surface area contributed by atoms with Gasteiger partial charge in [0.1, 0.15) is 0 Å². The van der Waals surface area contributed by atoms with Gasteiger partial charge in [-0.1, -0.05) is 42.5 Å². The Morgan fingerprint density at radius 3 is 2.35 bits per heavy atom. The molecular weight excluding hydrogens is 464 g/mol. The smallest absolute Gasteiger partial charge is 0.354 e. The summed E-state index contributed by atoms with van der Waals surface area (Å²) in [5, 5.41) is 13.2. The Morgan fingerprint density at radius 1 is 0.838 bits per heavy atom. The number of rotatable bonds is 2. The van der Waals surface area contributed by atoms with Gasteiger partial charge < -0.3 is 15.8 Å². The van der Waals surface area contributed by atoms with E-state index < -0.39 is 11.9 Å². The zero-order valence-corrected chi connectivity index (χ0v) is 20.2. The summed E-state index contributed by atoms with van der Waals surface area (Å²) in [5.74, 6) is -1.39. The number of hydrogen-bond donors (Lipinski definition) is 3. The highest BCUT2D eigenvalue weighted by atomic mass is 16.4. The molecule has 2 aliphatic rings. The minimum atomic E-state index is -0.986. The number of carboxylic acids is 1. The number of benzene rings is 4. The van der Waals surface area contributed by atoms with E-state index in [0.717, 1.165) is 60.5 Å². The number of nitrogens with zero attached hydrogens (tertiary/aromatic N) is 2. The third-order valence-electron chi connectivity index (χ3n) is 6.90. The first-order valence-corrected chi connectivity index (χ1v) is 11.8. The Labute approximate surface area is 211 Å². The number of fused-ring (bicyclic) bond motifs is 7. The topological polar surface area (TPSA) is 121 Å². The van der Waals surface area contributed by atoms with Gasteiger partial charge in [0.2, 0.25) is 5.91 Å². The molecule has 3 heterocycles. The largest absolute Gasteiger partial charge is 0.477 e. The lowest BCUT2D eigenvalue weighted by Crippen LogP contribution is -2.18. The fourth-order valence-corrected chi connectivity index (χ4v) is 5.16. The molecule has 1 amide bonds. The third kappa shape index (κ3) is 3.51. The second-order valence-corrected chi connectivity index (χ2v) is 9.11. The summed E-state index contributed by atoms with van der Waals surface area (Å²) >= 11 is 0. The van der Waals surface area contributed by atoms with Gasteiger partial charge in [-0.3, -0.25) is 4.79 Å². The number of aromatic amines is 1. The van der Waals surface area contributed by atoms with Crippen molar-refractivity contribution < 1.29 is 14.7 Å². The number of allylic oxidation sites excluding steroid dienone is 1. The maximum absolute atomic E-state index is 11.3. The number of aliphatic carboxylic acids is 1. The van der Waals surface area contributed by atoms with Crippen molar-refractivity contribution in [3.8, 4) is 11.1 Å². The summed E-state index contributed by atoms with van der Waals surface area (Å²) in [4.78, 5) is 34.6. The molecule has 0 saturated carbocycles. The number of nitrogens with two attached hydrogens (primary N) is 1. The number of hydrogen-bond acceptors (Lipinski definition) is 4. The van der Waals surface area contributed by atoms with E-state index in [1.807, 2.05) is 61.5 Å². The zero-order valence-electron chi connectivity index (χ0n) is 20.2. The number of H-pyrrole nitrogens is 1. The molecule has 0 radical (unpaired) electrons.